The van der Waals surface area contributed by atoms with Crippen LogP contribution in [0, 0.1) is 0 Å². The summed E-state index contributed by atoms with van der Waals surface area (Å²) in [5.74, 6) is 0.625. The van der Waals surface area contributed by atoms with E-state index in [-0.39, 0.29) is 12.6 Å². The van der Waals surface area contributed by atoms with Crippen LogP contribution in [0.5, 0.6) is 5.75 Å². The Balaban J connectivity index is 1.60. The van der Waals surface area contributed by atoms with Crippen LogP contribution in [0.1, 0.15) is 29.5 Å². The average molecular weight is 502 g/mol. The van der Waals surface area contributed by atoms with Gasteiger partial charge in [0.25, 0.3) is 0 Å². The number of halogens is 1. The third-order valence-electron chi connectivity index (χ3n) is 4.63. The minimum absolute atomic E-state index is 0.0294. The lowest BCUT2D eigenvalue weighted by Crippen LogP contribution is -1.97. The second-order valence-electron chi connectivity index (χ2n) is 6.79. The first kappa shape index (κ1) is 21.3. The number of aliphatic hydroxyl groups excluding tert-OH is 1. The molecule has 0 unspecified atom stereocenters. The van der Waals surface area contributed by atoms with Crippen molar-refractivity contribution in [2.24, 2.45) is 0 Å². The number of rotatable bonds is 9. The van der Waals surface area contributed by atoms with Crippen LogP contribution in [0.15, 0.2) is 72.8 Å². The van der Waals surface area contributed by atoms with Crippen molar-refractivity contribution >= 4 is 29.0 Å². The van der Waals surface area contributed by atoms with E-state index in [0.29, 0.717) is 13.0 Å². The Bertz CT molecular complexity index is 938. The molecule has 0 spiro atoms. The second-order valence-corrected chi connectivity index (χ2v) is 7.23. The topological polar surface area (TPSA) is 55.8 Å². The van der Waals surface area contributed by atoms with Crippen LogP contribution in [0.2, 0.25) is 0 Å². The lowest BCUT2D eigenvalue weighted by Gasteiger charge is -2.10. The summed E-state index contributed by atoms with van der Waals surface area (Å²) >= 11 is 1.62. The van der Waals surface area contributed by atoms with Crippen LogP contribution >= 0.6 is 23.0 Å². The highest BCUT2D eigenvalue weighted by molar-refractivity contribution is 14.1. The zero-order chi connectivity index (χ0) is 20.5. The average Bonchev–Trinajstić information content (AvgIpc) is 2.78. The van der Waals surface area contributed by atoms with Gasteiger partial charge < -0.3 is 12.9 Å². The monoisotopic (exact) mass is 502 g/mol. The molecule has 4 nitrogen and oxygen atoms in total. The summed E-state index contributed by atoms with van der Waals surface area (Å²) < 4.78 is 10.6. The summed E-state index contributed by atoms with van der Waals surface area (Å²) in [6.07, 6.45) is 2.06. The Kier molecular flexibility index (Phi) is 8.07. The third-order valence-corrected chi connectivity index (χ3v) is 5.12. The molecular formula is C24H23IO4. The first-order valence-electron chi connectivity index (χ1n) is 9.50. The number of hydrogen-bond donors (Lipinski definition) is 1. The van der Waals surface area contributed by atoms with Crippen molar-refractivity contribution in [2.75, 3.05) is 0 Å². The van der Waals surface area contributed by atoms with Crippen molar-refractivity contribution in [3.8, 4) is 16.9 Å². The van der Waals surface area contributed by atoms with Crippen molar-refractivity contribution in [1.82, 2.24) is 0 Å². The molecule has 0 bridgehead atoms. The molecule has 3 aromatic rings. The van der Waals surface area contributed by atoms with Crippen LogP contribution in [0.4, 0.5) is 0 Å². The highest BCUT2D eigenvalue weighted by Gasteiger charge is 2.04. The van der Waals surface area contributed by atoms with Gasteiger partial charge in [0, 0.05) is 6.42 Å². The van der Waals surface area contributed by atoms with Crippen LogP contribution in [-0.4, -0.2) is 11.1 Å². The molecule has 3 aromatic carbocycles. The van der Waals surface area contributed by atoms with E-state index in [1.165, 1.54) is 5.56 Å². The van der Waals surface area contributed by atoms with E-state index in [0.717, 1.165) is 40.8 Å². The van der Waals surface area contributed by atoms with Gasteiger partial charge in [-0.25, -0.2) is 0 Å². The molecule has 0 atom stereocenters. The van der Waals surface area contributed by atoms with Gasteiger partial charge in [-0.2, -0.15) is 0 Å². The van der Waals surface area contributed by atoms with Crippen LogP contribution < -0.4 is 4.74 Å². The van der Waals surface area contributed by atoms with Gasteiger partial charge in [-0.05, 0) is 52.8 Å². The third kappa shape index (κ3) is 6.58. The largest absolute Gasteiger partial charge is 0.489 e. The van der Waals surface area contributed by atoms with Crippen molar-refractivity contribution in [3.63, 3.8) is 0 Å². The summed E-state index contributed by atoms with van der Waals surface area (Å²) in [5.41, 5.74) is 5.31. The number of ether oxygens (including phenoxy) is 1. The predicted octanol–water partition coefficient (Wildman–Crippen LogP) is 5.64. The maximum Gasteiger partial charge on any atom is 0.315 e. The molecule has 5 heteroatoms. The summed E-state index contributed by atoms with van der Waals surface area (Å²) in [6.45, 7) is 0.484. The Morgan fingerprint density at radius 1 is 0.862 bits per heavy atom. The fraction of sp³-hybridized carbons (Fsp3) is 0.208. The van der Waals surface area contributed by atoms with Gasteiger partial charge in [-0.1, -0.05) is 60.7 Å². The zero-order valence-electron chi connectivity index (χ0n) is 16.0. The molecule has 0 saturated carbocycles. The molecule has 0 amide bonds. The normalized spacial score (nSPS) is 10.6. The van der Waals surface area contributed by atoms with Gasteiger partial charge in [-0.3, -0.25) is 4.79 Å². The molecule has 150 valence electrons. The smallest absolute Gasteiger partial charge is 0.315 e. The standard InChI is InChI=1S/C24H23IO4/c25-29-24(27)9-2-4-18-10-12-21(13-11-18)22-7-3-8-23(15-22)28-17-20-6-1-5-19(14-20)16-26/h1,3,5-8,10-15,26H,2,4,9,16-17H2. The zero-order valence-corrected chi connectivity index (χ0v) is 18.2. The van der Waals surface area contributed by atoms with Gasteiger partial charge in [-0.15, -0.1) is 0 Å². The lowest BCUT2D eigenvalue weighted by molar-refractivity contribution is -0.131. The quantitative estimate of drug-likeness (QED) is 0.385. The summed E-state index contributed by atoms with van der Waals surface area (Å²) in [5, 5.41) is 9.25. The van der Waals surface area contributed by atoms with Crippen molar-refractivity contribution in [3.05, 3.63) is 89.5 Å². The fourth-order valence-corrected chi connectivity index (χ4v) is 3.31. The van der Waals surface area contributed by atoms with Crippen LogP contribution in [0.25, 0.3) is 11.1 Å². The Hall–Kier alpha value is -2.38. The van der Waals surface area contributed by atoms with E-state index in [1.54, 1.807) is 23.0 Å². The molecule has 0 aliphatic rings. The van der Waals surface area contributed by atoms with E-state index in [4.69, 9.17) is 4.74 Å². The minimum Gasteiger partial charge on any atom is -0.489 e. The highest BCUT2D eigenvalue weighted by atomic mass is 127. The Morgan fingerprint density at radius 3 is 2.38 bits per heavy atom. The summed E-state index contributed by atoms with van der Waals surface area (Å²) in [4.78, 5) is 11.2. The number of aryl methyl sites for hydroxylation is 1. The second kappa shape index (κ2) is 11.0. The van der Waals surface area contributed by atoms with Crippen molar-refractivity contribution in [1.29, 1.82) is 0 Å². The van der Waals surface area contributed by atoms with Gasteiger partial charge in [0.15, 0.2) is 23.0 Å². The predicted molar refractivity (Wildman–Crippen MR) is 122 cm³/mol. The summed E-state index contributed by atoms with van der Waals surface area (Å²) in [7, 11) is 0. The van der Waals surface area contributed by atoms with Crippen LogP contribution in [-0.2, 0) is 27.5 Å². The lowest BCUT2D eigenvalue weighted by atomic mass is 10.0. The Morgan fingerprint density at radius 2 is 1.62 bits per heavy atom. The molecule has 0 heterocycles. The van der Waals surface area contributed by atoms with E-state index >= 15 is 0 Å². The molecule has 0 saturated heterocycles. The molecule has 29 heavy (non-hydrogen) atoms. The van der Waals surface area contributed by atoms with Gasteiger partial charge in [0.2, 0.25) is 0 Å². The molecule has 0 aliphatic heterocycles. The SMILES string of the molecule is O=C(CCCc1ccc(-c2cccc(OCc3cccc(CO)c3)c2)cc1)OI. The first-order chi connectivity index (χ1) is 14.2. The van der Waals surface area contributed by atoms with Gasteiger partial charge in [0.1, 0.15) is 12.4 Å². The molecule has 0 aliphatic carbocycles. The molecular weight excluding hydrogens is 479 g/mol. The number of hydrogen-bond acceptors (Lipinski definition) is 4. The molecule has 0 fully saturated rings. The highest BCUT2D eigenvalue weighted by Crippen LogP contribution is 2.25. The molecule has 0 aromatic heterocycles. The molecule has 1 N–H and O–H groups in total. The van der Waals surface area contributed by atoms with E-state index < -0.39 is 0 Å². The molecule has 3 rings (SSSR count). The van der Waals surface area contributed by atoms with E-state index in [1.807, 2.05) is 42.5 Å². The van der Waals surface area contributed by atoms with Gasteiger partial charge in [0.05, 0.1) is 6.61 Å². The number of carbonyl (C=O) groups excluding carboxylic acids is 1. The maximum absolute atomic E-state index is 11.2. The maximum atomic E-state index is 11.2. The molecule has 0 radical (unpaired) electrons. The van der Waals surface area contributed by atoms with E-state index in [9.17, 15) is 9.90 Å². The van der Waals surface area contributed by atoms with Crippen molar-refractivity contribution in [2.45, 2.75) is 32.5 Å². The first-order valence-corrected chi connectivity index (χ1v) is 10.4. The minimum atomic E-state index is -0.179. The number of benzene rings is 3. The number of carbonyl (C=O) groups is 1. The van der Waals surface area contributed by atoms with Crippen LogP contribution in [0.3, 0.4) is 0 Å². The van der Waals surface area contributed by atoms with Gasteiger partial charge >= 0.3 is 5.97 Å². The number of aliphatic hydroxyl groups is 1. The van der Waals surface area contributed by atoms with Crippen molar-refractivity contribution < 1.29 is 17.7 Å². The Labute approximate surface area is 185 Å². The summed E-state index contributed by atoms with van der Waals surface area (Å²) in [6, 6.07) is 24.1. The van der Waals surface area contributed by atoms with E-state index in [2.05, 4.69) is 33.4 Å². The fourth-order valence-electron chi connectivity index (χ4n) is 3.09.